The number of halogens is 1. The fourth-order valence-electron chi connectivity index (χ4n) is 3.13. The van der Waals surface area contributed by atoms with Crippen molar-refractivity contribution in [2.24, 2.45) is 0 Å². The van der Waals surface area contributed by atoms with Crippen molar-refractivity contribution in [1.82, 2.24) is 10.2 Å². The Morgan fingerprint density at radius 1 is 1.24 bits per heavy atom. The van der Waals surface area contributed by atoms with E-state index in [-0.39, 0.29) is 17.3 Å². The van der Waals surface area contributed by atoms with E-state index in [1.54, 1.807) is 35.2 Å². The number of nitrogens with zero attached hydrogens (tertiary/aromatic N) is 4. The second-order valence-corrected chi connectivity index (χ2v) is 7.75. The summed E-state index contributed by atoms with van der Waals surface area (Å²) < 4.78 is 5.61. The van der Waals surface area contributed by atoms with Crippen molar-refractivity contribution in [2.75, 3.05) is 17.2 Å². The molecule has 0 unspecified atom stereocenters. The van der Waals surface area contributed by atoms with E-state index in [2.05, 4.69) is 10.2 Å². The van der Waals surface area contributed by atoms with E-state index in [4.69, 9.17) is 16.0 Å². The van der Waals surface area contributed by atoms with Gasteiger partial charge in [0, 0.05) is 35.0 Å². The van der Waals surface area contributed by atoms with E-state index < -0.39 is 4.92 Å². The van der Waals surface area contributed by atoms with E-state index in [1.807, 2.05) is 0 Å². The molecule has 10 heteroatoms. The lowest BCUT2D eigenvalue weighted by Crippen LogP contribution is -2.36. The largest absolute Gasteiger partial charge is 0.411 e. The van der Waals surface area contributed by atoms with Gasteiger partial charge in [-0.2, -0.15) is 0 Å². The van der Waals surface area contributed by atoms with Crippen LogP contribution in [0.15, 0.2) is 52.1 Å². The molecule has 8 nitrogen and oxygen atoms in total. The number of nitro groups is 1. The first-order valence-electron chi connectivity index (χ1n) is 8.81. The summed E-state index contributed by atoms with van der Waals surface area (Å²) in [6.45, 7) is 0.573. The summed E-state index contributed by atoms with van der Waals surface area (Å²) in [5.74, 6) is 0.363. The van der Waals surface area contributed by atoms with Gasteiger partial charge < -0.3 is 9.32 Å². The van der Waals surface area contributed by atoms with E-state index >= 15 is 0 Å². The number of hydrogen-bond acceptors (Lipinski definition) is 7. The van der Waals surface area contributed by atoms with Crippen molar-refractivity contribution >= 4 is 40.6 Å². The molecule has 4 rings (SSSR count). The number of fused-ring (bicyclic) bond motifs is 1. The van der Waals surface area contributed by atoms with Gasteiger partial charge in [0.2, 0.25) is 11.8 Å². The molecule has 1 aliphatic rings. The van der Waals surface area contributed by atoms with Gasteiger partial charge in [0.25, 0.3) is 10.9 Å². The Bertz CT molecular complexity index is 1070. The number of rotatable bonds is 5. The van der Waals surface area contributed by atoms with E-state index in [9.17, 15) is 14.9 Å². The first-order chi connectivity index (χ1) is 14.0. The van der Waals surface area contributed by atoms with Crippen LogP contribution in [0.4, 0.5) is 11.4 Å². The molecule has 2 heterocycles. The van der Waals surface area contributed by atoms with Crippen LogP contribution in [0.5, 0.6) is 0 Å². The molecule has 1 aromatic heterocycles. The molecular weight excluding hydrogens is 416 g/mol. The molecule has 1 amide bonds. The van der Waals surface area contributed by atoms with Crippen LogP contribution in [0.1, 0.15) is 12.0 Å². The van der Waals surface area contributed by atoms with Crippen molar-refractivity contribution in [3.63, 3.8) is 0 Å². The Kier molecular flexibility index (Phi) is 5.50. The number of non-ortho nitro benzene ring substituents is 1. The van der Waals surface area contributed by atoms with Gasteiger partial charge in [0.05, 0.1) is 10.7 Å². The number of carbonyl (C=O) groups is 1. The minimum atomic E-state index is -0.426. The monoisotopic (exact) mass is 430 g/mol. The maximum absolute atomic E-state index is 12.7. The first-order valence-corrected chi connectivity index (χ1v) is 10.2. The molecule has 1 aliphatic heterocycles. The number of carbonyl (C=O) groups excluding carboxylic acids is 1. The predicted molar refractivity (Wildman–Crippen MR) is 109 cm³/mol. The molecular formula is C19H15ClN4O4S. The average Bonchev–Trinajstić information content (AvgIpc) is 3.20. The Hall–Kier alpha value is -2.91. The van der Waals surface area contributed by atoms with Gasteiger partial charge in [-0.25, -0.2) is 0 Å². The van der Waals surface area contributed by atoms with Crippen LogP contribution in [0.25, 0.3) is 11.5 Å². The van der Waals surface area contributed by atoms with E-state index in [1.165, 1.54) is 12.1 Å². The average molecular weight is 431 g/mol. The van der Waals surface area contributed by atoms with Gasteiger partial charge >= 0.3 is 0 Å². The zero-order valence-electron chi connectivity index (χ0n) is 15.1. The molecule has 148 valence electrons. The molecule has 0 atom stereocenters. The summed E-state index contributed by atoms with van der Waals surface area (Å²) in [4.78, 5) is 24.9. The van der Waals surface area contributed by atoms with Crippen LogP contribution >= 0.6 is 23.4 Å². The molecule has 0 aliphatic carbocycles. The SMILES string of the molecule is O=C(CSc1nnc(-c2ccc(Cl)cc2)o1)N1CCCc2cc([N+](=O)[O-])ccc21. The van der Waals surface area contributed by atoms with Crippen molar-refractivity contribution in [2.45, 2.75) is 18.1 Å². The molecule has 0 radical (unpaired) electrons. The summed E-state index contributed by atoms with van der Waals surface area (Å²) in [6, 6.07) is 11.6. The molecule has 0 saturated heterocycles. The zero-order chi connectivity index (χ0) is 20.4. The van der Waals surface area contributed by atoms with Crippen molar-refractivity contribution in [3.05, 3.63) is 63.2 Å². The highest BCUT2D eigenvalue weighted by atomic mass is 35.5. The van der Waals surface area contributed by atoms with Gasteiger partial charge in [0.1, 0.15) is 0 Å². The van der Waals surface area contributed by atoms with Crippen molar-refractivity contribution < 1.29 is 14.1 Å². The topological polar surface area (TPSA) is 102 Å². The Labute approximate surface area is 175 Å². The van der Waals surface area contributed by atoms with Crippen molar-refractivity contribution in [3.8, 4) is 11.5 Å². The smallest absolute Gasteiger partial charge is 0.277 e. The summed E-state index contributed by atoms with van der Waals surface area (Å²) in [5, 5.41) is 19.9. The molecule has 0 fully saturated rings. The minimum Gasteiger partial charge on any atom is -0.411 e. The number of aromatic nitrogens is 2. The van der Waals surface area contributed by atoms with Gasteiger partial charge in [-0.3, -0.25) is 14.9 Å². The fourth-order valence-corrected chi connectivity index (χ4v) is 3.90. The van der Waals surface area contributed by atoms with Crippen LogP contribution in [-0.4, -0.2) is 33.3 Å². The molecule has 3 aromatic rings. The fraction of sp³-hybridized carbons (Fsp3) is 0.211. The summed E-state index contributed by atoms with van der Waals surface area (Å²) in [6.07, 6.45) is 1.47. The summed E-state index contributed by atoms with van der Waals surface area (Å²) in [7, 11) is 0. The maximum atomic E-state index is 12.7. The van der Waals surface area contributed by atoms with Crippen LogP contribution in [0.3, 0.4) is 0 Å². The summed E-state index contributed by atoms with van der Waals surface area (Å²) in [5.41, 5.74) is 2.31. The number of benzene rings is 2. The van der Waals surface area contributed by atoms with E-state index in [0.29, 0.717) is 29.1 Å². The van der Waals surface area contributed by atoms with Crippen LogP contribution in [-0.2, 0) is 11.2 Å². The third-order valence-corrected chi connectivity index (χ3v) is 5.57. The highest BCUT2D eigenvalue weighted by Gasteiger charge is 2.25. The molecule has 0 saturated carbocycles. The number of hydrogen-bond donors (Lipinski definition) is 0. The lowest BCUT2D eigenvalue weighted by Gasteiger charge is -2.29. The normalized spacial score (nSPS) is 13.2. The third kappa shape index (κ3) is 4.25. The number of aryl methyl sites for hydroxylation is 1. The molecule has 0 bridgehead atoms. The molecule has 29 heavy (non-hydrogen) atoms. The third-order valence-electron chi connectivity index (χ3n) is 4.51. The summed E-state index contributed by atoms with van der Waals surface area (Å²) >= 11 is 7.03. The van der Waals surface area contributed by atoms with E-state index in [0.717, 1.165) is 35.0 Å². The second-order valence-electron chi connectivity index (χ2n) is 6.39. The van der Waals surface area contributed by atoms with Crippen LogP contribution in [0.2, 0.25) is 5.02 Å². The number of anilines is 1. The van der Waals surface area contributed by atoms with Gasteiger partial charge in [0.15, 0.2) is 0 Å². The minimum absolute atomic E-state index is 0.0352. The molecule has 0 N–H and O–H groups in total. The highest BCUT2D eigenvalue weighted by molar-refractivity contribution is 7.99. The Balaban J connectivity index is 1.43. The number of nitro benzene ring substituents is 1. The Morgan fingerprint density at radius 3 is 2.79 bits per heavy atom. The number of amides is 1. The molecule has 0 spiro atoms. The predicted octanol–water partition coefficient (Wildman–Crippen LogP) is 4.37. The van der Waals surface area contributed by atoms with Gasteiger partial charge in [-0.15, -0.1) is 10.2 Å². The van der Waals surface area contributed by atoms with Gasteiger partial charge in [-0.05, 0) is 48.7 Å². The quantitative estimate of drug-likeness (QED) is 0.336. The lowest BCUT2D eigenvalue weighted by atomic mass is 10.0. The molecule has 2 aromatic carbocycles. The van der Waals surface area contributed by atoms with Crippen LogP contribution in [0, 0.1) is 10.1 Å². The Morgan fingerprint density at radius 2 is 2.03 bits per heavy atom. The number of thioether (sulfide) groups is 1. The first kappa shape index (κ1) is 19.4. The highest BCUT2D eigenvalue weighted by Crippen LogP contribution is 2.31. The second kappa shape index (κ2) is 8.22. The van der Waals surface area contributed by atoms with Gasteiger partial charge in [-0.1, -0.05) is 23.4 Å². The van der Waals surface area contributed by atoms with Crippen LogP contribution < -0.4 is 4.90 Å². The maximum Gasteiger partial charge on any atom is 0.277 e. The lowest BCUT2D eigenvalue weighted by molar-refractivity contribution is -0.384. The zero-order valence-corrected chi connectivity index (χ0v) is 16.7. The van der Waals surface area contributed by atoms with Crippen molar-refractivity contribution in [1.29, 1.82) is 0 Å². The standard InChI is InChI=1S/C19H15ClN4O4S/c20-14-5-3-12(4-6-14)18-21-22-19(28-18)29-11-17(25)23-9-1-2-13-10-15(24(26)27)7-8-16(13)23/h3-8,10H,1-2,9,11H2.